The predicted octanol–water partition coefficient (Wildman–Crippen LogP) is 0.808. The van der Waals surface area contributed by atoms with Crippen molar-refractivity contribution in [1.82, 2.24) is 14.7 Å². The lowest BCUT2D eigenvalue weighted by molar-refractivity contribution is 0.0665. The van der Waals surface area contributed by atoms with Gasteiger partial charge < -0.3 is 10.0 Å². The molecule has 5 nitrogen and oxygen atoms in total. The number of aliphatic hydroxyl groups excluding tert-OH is 1. The average Bonchev–Trinajstić information content (AvgIpc) is 2.93. The van der Waals surface area contributed by atoms with Crippen LogP contribution >= 0.6 is 0 Å². The molecule has 0 saturated carbocycles. The first-order valence-electron chi connectivity index (χ1n) is 6.13. The maximum absolute atomic E-state index is 12.4. The van der Waals surface area contributed by atoms with Crippen LogP contribution in [0.3, 0.4) is 0 Å². The first-order valence-corrected chi connectivity index (χ1v) is 6.13. The molecule has 1 aliphatic rings. The summed E-state index contributed by atoms with van der Waals surface area (Å²) in [6.45, 7) is 5.32. The van der Waals surface area contributed by atoms with Gasteiger partial charge >= 0.3 is 0 Å². The molecule has 1 saturated heterocycles. The maximum Gasteiger partial charge on any atom is 0.272 e. The number of hydrogen-bond acceptors (Lipinski definition) is 3. The van der Waals surface area contributed by atoms with Gasteiger partial charge in [-0.25, -0.2) is 0 Å². The number of aromatic nitrogens is 2. The highest BCUT2D eigenvalue weighted by Crippen LogP contribution is 2.20. The van der Waals surface area contributed by atoms with Crippen LogP contribution < -0.4 is 0 Å². The Balaban J connectivity index is 2.24. The minimum atomic E-state index is -0.0250. The molecular formula is C12H19N3O2. The van der Waals surface area contributed by atoms with E-state index in [4.69, 9.17) is 0 Å². The van der Waals surface area contributed by atoms with Crippen LogP contribution in [0.4, 0.5) is 0 Å². The number of rotatable bonds is 3. The summed E-state index contributed by atoms with van der Waals surface area (Å²) >= 11 is 0. The Hall–Kier alpha value is -1.36. The standard InChI is InChI=1S/C12H19N3O2/c1-3-15-11(7-9(2)13-15)12(17)14-6-4-5-10(14)8-16/h7,10,16H,3-6,8H2,1-2H3. The Morgan fingerprint density at radius 1 is 1.65 bits per heavy atom. The molecule has 1 fully saturated rings. The Morgan fingerprint density at radius 2 is 2.41 bits per heavy atom. The molecule has 0 spiro atoms. The van der Waals surface area contributed by atoms with Crippen molar-refractivity contribution >= 4 is 5.91 Å². The Kier molecular flexibility index (Phi) is 3.47. The number of carbonyl (C=O) groups excluding carboxylic acids is 1. The summed E-state index contributed by atoms with van der Waals surface area (Å²) in [5.74, 6) is -0.0102. The zero-order valence-corrected chi connectivity index (χ0v) is 10.4. The highest BCUT2D eigenvalue weighted by molar-refractivity contribution is 5.93. The molecule has 1 N–H and O–H groups in total. The number of nitrogens with zero attached hydrogens (tertiary/aromatic N) is 3. The van der Waals surface area contributed by atoms with Crippen LogP contribution in [0.15, 0.2) is 6.07 Å². The summed E-state index contributed by atoms with van der Waals surface area (Å²) < 4.78 is 1.73. The summed E-state index contributed by atoms with van der Waals surface area (Å²) in [6, 6.07) is 1.79. The summed E-state index contributed by atoms with van der Waals surface area (Å²) in [7, 11) is 0. The third-order valence-electron chi connectivity index (χ3n) is 3.27. The first kappa shape index (κ1) is 12.1. The molecule has 17 heavy (non-hydrogen) atoms. The topological polar surface area (TPSA) is 58.4 Å². The fraction of sp³-hybridized carbons (Fsp3) is 0.667. The number of aliphatic hydroxyl groups is 1. The molecule has 1 amide bonds. The number of aryl methyl sites for hydroxylation is 2. The lowest BCUT2D eigenvalue weighted by Gasteiger charge is -2.23. The van der Waals surface area contributed by atoms with Gasteiger partial charge in [0.25, 0.3) is 5.91 Å². The van der Waals surface area contributed by atoms with Crippen molar-refractivity contribution in [3.8, 4) is 0 Å². The van der Waals surface area contributed by atoms with Crippen molar-refractivity contribution in [3.05, 3.63) is 17.5 Å². The Bertz CT molecular complexity index is 414. The zero-order chi connectivity index (χ0) is 12.4. The van der Waals surface area contributed by atoms with Crippen molar-refractivity contribution in [3.63, 3.8) is 0 Å². The normalized spacial score (nSPS) is 19.9. The molecular weight excluding hydrogens is 218 g/mol. The quantitative estimate of drug-likeness (QED) is 0.846. The van der Waals surface area contributed by atoms with Gasteiger partial charge in [0.05, 0.1) is 18.3 Å². The van der Waals surface area contributed by atoms with Gasteiger partial charge in [0, 0.05) is 13.1 Å². The lowest BCUT2D eigenvalue weighted by Crippen LogP contribution is -2.38. The van der Waals surface area contributed by atoms with E-state index in [1.54, 1.807) is 9.58 Å². The summed E-state index contributed by atoms with van der Waals surface area (Å²) in [5, 5.41) is 13.5. The van der Waals surface area contributed by atoms with Crippen LogP contribution in [0, 0.1) is 6.92 Å². The van der Waals surface area contributed by atoms with Crippen molar-refractivity contribution < 1.29 is 9.90 Å². The molecule has 5 heteroatoms. The molecule has 1 aliphatic heterocycles. The molecule has 1 unspecified atom stereocenters. The summed E-state index contributed by atoms with van der Waals surface area (Å²) in [4.78, 5) is 14.1. The highest BCUT2D eigenvalue weighted by Gasteiger charge is 2.30. The third-order valence-corrected chi connectivity index (χ3v) is 3.27. The van der Waals surface area contributed by atoms with Crippen LogP contribution in [-0.2, 0) is 6.54 Å². The Labute approximate surface area is 101 Å². The van der Waals surface area contributed by atoms with Crippen LogP contribution in [-0.4, -0.2) is 44.9 Å². The Morgan fingerprint density at radius 3 is 3.06 bits per heavy atom. The van der Waals surface area contributed by atoms with Gasteiger partial charge in [-0.15, -0.1) is 0 Å². The van der Waals surface area contributed by atoms with Gasteiger partial charge in [0.15, 0.2) is 0 Å². The van der Waals surface area contributed by atoms with E-state index in [0.717, 1.165) is 25.1 Å². The molecule has 0 bridgehead atoms. The molecule has 1 atom stereocenters. The van der Waals surface area contributed by atoms with Gasteiger partial charge in [-0.05, 0) is 32.8 Å². The maximum atomic E-state index is 12.4. The molecule has 0 radical (unpaired) electrons. The molecule has 94 valence electrons. The van der Waals surface area contributed by atoms with Gasteiger partial charge in [-0.3, -0.25) is 9.48 Å². The van der Waals surface area contributed by atoms with Crippen molar-refractivity contribution in [2.45, 2.75) is 39.3 Å². The molecule has 2 rings (SSSR count). The van der Waals surface area contributed by atoms with Crippen LogP contribution in [0.2, 0.25) is 0 Å². The lowest BCUT2D eigenvalue weighted by atomic mass is 10.2. The summed E-state index contributed by atoms with van der Waals surface area (Å²) in [6.07, 6.45) is 1.86. The fourth-order valence-electron chi connectivity index (χ4n) is 2.40. The number of amides is 1. The van der Waals surface area contributed by atoms with E-state index in [1.165, 1.54) is 0 Å². The predicted molar refractivity (Wildman–Crippen MR) is 63.8 cm³/mol. The molecule has 0 aliphatic carbocycles. The zero-order valence-electron chi connectivity index (χ0n) is 10.4. The van der Waals surface area contributed by atoms with Gasteiger partial charge in [-0.1, -0.05) is 0 Å². The second kappa shape index (κ2) is 4.87. The molecule has 0 aromatic carbocycles. The van der Waals surface area contributed by atoms with Crippen LogP contribution in [0.5, 0.6) is 0 Å². The molecule has 2 heterocycles. The van der Waals surface area contributed by atoms with E-state index in [9.17, 15) is 9.90 Å². The van der Waals surface area contributed by atoms with E-state index < -0.39 is 0 Å². The molecule has 1 aromatic rings. The number of carbonyl (C=O) groups is 1. The third kappa shape index (κ3) is 2.20. The van der Waals surface area contributed by atoms with Gasteiger partial charge in [-0.2, -0.15) is 5.10 Å². The monoisotopic (exact) mass is 237 g/mol. The smallest absolute Gasteiger partial charge is 0.272 e. The minimum Gasteiger partial charge on any atom is -0.394 e. The van der Waals surface area contributed by atoms with E-state index >= 15 is 0 Å². The van der Waals surface area contributed by atoms with Crippen molar-refractivity contribution in [2.75, 3.05) is 13.2 Å². The van der Waals surface area contributed by atoms with E-state index in [2.05, 4.69) is 5.10 Å². The number of hydrogen-bond donors (Lipinski definition) is 1. The van der Waals surface area contributed by atoms with E-state index in [1.807, 2.05) is 19.9 Å². The largest absolute Gasteiger partial charge is 0.394 e. The van der Waals surface area contributed by atoms with Gasteiger partial charge in [0.2, 0.25) is 0 Å². The van der Waals surface area contributed by atoms with Gasteiger partial charge in [0.1, 0.15) is 5.69 Å². The fourth-order valence-corrected chi connectivity index (χ4v) is 2.40. The van der Waals surface area contributed by atoms with Crippen LogP contribution in [0.25, 0.3) is 0 Å². The van der Waals surface area contributed by atoms with E-state index in [-0.39, 0.29) is 18.6 Å². The molecule has 1 aromatic heterocycles. The van der Waals surface area contributed by atoms with Crippen molar-refractivity contribution in [2.24, 2.45) is 0 Å². The second-order valence-corrected chi connectivity index (χ2v) is 4.46. The highest BCUT2D eigenvalue weighted by atomic mass is 16.3. The van der Waals surface area contributed by atoms with Crippen molar-refractivity contribution in [1.29, 1.82) is 0 Å². The summed E-state index contributed by atoms with van der Waals surface area (Å²) in [5.41, 5.74) is 1.49. The van der Waals surface area contributed by atoms with Crippen LogP contribution in [0.1, 0.15) is 35.9 Å². The minimum absolute atomic E-state index is 0.0102. The second-order valence-electron chi connectivity index (χ2n) is 4.46. The SMILES string of the molecule is CCn1nc(C)cc1C(=O)N1CCCC1CO. The first-order chi connectivity index (χ1) is 8.17. The average molecular weight is 237 g/mol. The number of likely N-dealkylation sites (tertiary alicyclic amines) is 1. The van der Waals surface area contributed by atoms with E-state index in [0.29, 0.717) is 12.2 Å².